The molecule has 0 unspecified atom stereocenters. The van der Waals surface area contributed by atoms with Crippen molar-refractivity contribution in [3.63, 3.8) is 0 Å². The number of aryl methyl sites for hydroxylation is 2. The van der Waals surface area contributed by atoms with Crippen LogP contribution in [0.25, 0.3) is 5.65 Å². The van der Waals surface area contributed by atoms with E-state index in [4.69, 9.17) is 4.74 Å². The number of para-hydroxylation sites is 1. The maximum Gasteiger partial charge on any atom is 0.270 e. The molecule has 0 saturated carbocycles. The number of carbonyl (C=O) groups is 1. The lowest BCUT2D eigenvalue weighted by Crippen LogP contribution is -2.25. The fraction of sp³-hybridized carbons (Fsp3) is 0.263. The highest BCUT2D eigenvalue weighted by molar-refractivity contribution is 5.94. The maximum absolute atomic E-state index is 12.7. The second kappa shape index (κ2) is 6.74. The number of methoxy groups -OCH3 is 1. The van der Waals surface area contributed by atoms with Crippen molar-refractivity contribution in [2.24, 2.45) is 0 Å². The third-order valence-electron chi connectivity index (χ3n) is 4.04. The average molecular weight is 323 g/mol. The number of hydrogen-bond donors (Lipinski definition) is 1. The highest BCUT2D eigenvalue weighted by Crippen LogP contribution is 2.18. The van der Waals surface area contributed by atoms with Crippen LogP contribution in [0.15, 0.2) is 42.6 Å². The molecule has 0 aliphatic heterocycles. The summed E-state index contributed by atoms with van der Waals surface area (Å²) >= 11 is 0. The second-order valence-electron chi connectivity index (χ2n) is 5.69. The summed E-state index contributed by atoms with van der Waals surface area (Å²) in [6.45, 7) is 4.43. The van der Waals surface area contributed by atoms with E-state index < -0.39 is 0 Å². The van der Waals surface area contributed by atoms with Gasteiger partial charge in [0, 0.05) is 18.3 Å². The SMILES string of the molecule is CCc1nc2cc(C)ccn2c1C(=O)NCc1ccccc1OC. The monoisotopic (exact) mass is 323 g/mol. The molecule has 0 bridgehead atoms. The number of benzene rings is 1. The molecule has 0 radical (unpaired) electrons. The molecule has 2 aromatic heterocycles. The number of rotatable bonds is 5. The van der Waals surface area contributed by atoms with Crippen molar-refractivity contribution in [3.8, 4) is 5.75 Å². The van der Waals surface area contributed by atoms with Gasteiger partial charge in [0.25, 0.3) is 5.91 Å². The predicted molar refractivity (Wildman–Crippen MR) is 93.5 cm³/mol. The summed E-state index contributed by atoms with van der Waals surface area (Å²) in [6.07, 6.45) is 2.60. The van der Waals surface area contributed by atoms with Gasteiger partial charge in [-0.2, -0.15) is 0 Å². The number of fused-ring (bicyclic) bond motifs is 1. The molecular weight excluding hydrogens is 302 g/mol. The minimum atomic E-state index is -0.130. The summed E-state index contributed by atoms with van der Waals surface area (Å²) in [5.41, 5.74) is 4.27. The van der Waals surface area contributed by atoms with E-state index >= 15 is 0 Å². The Labute approximate surface area is 141 Å². The predicted octanol–water partition coefficient (Wildman–Crippen LogP) is 3.14. The lowest BCUT2D eigenvalue weighted by molar-refractivity contribution is 0.0944. The number of amides is 1. The highest BCUT2D eigenvalue weighted by Gasteiger charge is 2.18. The molecule has 1 N–H and O–H groups in total. The summed E-state index contributed by atoms with van der Waals surface area (Å²) < 4.78 is 7.18. The van der Waals surface area contributed by atoms with Gasteiger partial charge in [-0.3, -0.25) is 9.20 Å². The number of nitrogens with one attached hydrogen (secondary N) is 1. The van der Waals surface area contributed by atoms with Gasteiger partial charge in [0.15, 0.2) is 0 Å². The number of ether oxygens (including phenoxy) is 1. The van der Waals surface area contributed by atoms with Gasteiger partial charge in [0.05, 0.1) is 12.8 Å². The number of imidazole rings is 1. The number of aromatic nitrogens is 2. The molecule has 3 aromatic rings. The molecule has 0 saturated heterocycles. The summed E-state index contributed by atoms with van der Waals surface area (Å²) in [7, 11) is 1.63. The third kappa shape index (κ3) is 2.97. The van der Waals surface area contributed by atoms with Gasteiger partial charge in [-0.05, 0) is 37.1 Å². The van der Waals surface area contributed by atoms with Crippen LogP contribution < -0.4 is 10.1 Å². The summed E-state index contributed by atoms with van der Waals surface area (Å²) in [5.74, 6) is 0.636. The number of nitrogens with zero attached hydrogens (tertiary/aromatic N) is 2. The Hall–Kier alpha value is -2.82. The van der Waals surface area contributed by atoms with Gasteiger partial charge in [-0.1, -0.05) is 25.1 Å². The van der Waals surface area contributed by atoms with Crippen molar-refractivity contribution in [3.05, 3.63) is 65.1 Å². The van der Waals surface area contributed by atoms with Crippen molar-refractivity contribution >= 4 is 11.6 Å². The first kappa shape index (κ1) is 16.1. The lowest BCUT2D eigenvalue weighted by Gasteiger charge is -2.10. The van der Waals surface area contributed by atoms with Crippen LogP contribution in [0.5, 0.6) is 5.75 Å². The Bertz CT molecular complexity index is 883. The molecule has 0 fully saturated rings. The first-order chi connectivity index (χ1) is 11.6. The molecule has 1 aromatic carbocycles. The molecule has 24 heavy (non-hydrogen) atoms. The van der Waals surface area contributed by atoms with Gasteiger partial charge in [0.1, 0.15) is 17.1 Å². The van der Waals surface area contributed by atoms with E-state index in [9.17, 15) is 4.79 Å². The molecule has 5 heteroatoms. The van der Waals surface area contributed by atoms with Gasteiger partial charge in [-0.15, -0.1) is 0 Å². The van der Waals surface area contributed by atoms with Crippen molar-refractivity contribution < 1.29 is 9.53 Å². The highest BCUT2D eigenvalue weighted by atomic mass is 16.5. The van der Waals surface area contributed by atoms with Crippen LogP contribution in [-0.2, 0) is 13.0 Å². The largest absolute Gasteiger partial charge is 0.496 e. The first-order valence-corrected chi connectivity index (χ1v) is 8.01. The topological polar surface area (TPSA) is 55.6 Å². The van der Waals surface area contributed by atoms with Gasteiger partial charge < -0.3 is 10.1 Å². The minimum Gasteiger partial charge on any atom is -0.496 e. The van der Waals surface area contributed by atoms with Crippen LogP contribution in [0.4, 0.5) is 0 Å². The minimum absolute atomic E-state index is 0.130. The van der Waals surface area contributed by atoms with Crippen molar-refractivity contribution in [1.82, 2.24) is 14.7 Å². The molecule has 2 heterocycles. The van der Waals surface area contributed by atoms with Crippen molar-refractivity contribution in [2.75, 3.05) is 7.11 Å². The van der Waals surface area contributed by atoms with Crippen LogP contribution >= 0.6 is 0 Å². The molecule has 0 spiro atoms. The second-order valence-corrected chi connectivity index (χ2v) is 5.69. The van der Waals surface area contributed by atoms with Crippen LogP contribution in [0, 0.1) is 6.92 Å². The zero-order valence-electron chi connectivity index (χ0n) is 14.2. The average Bonchev–Trinajstić information content (AvgIpc) is 2.97. The fourth-order valence-corrected chi connectivity index (χ4v) is 2.79. The Kier molecular flexibility index (Phi) is 4.51. The lowest BCUT2D eigenvalue weighted by atomic mass is 10.2. The van der Waals surface area contributed by atoms with E-state index in [0.717, 1.165) is 28.2 Å². The van der Waals surface area contributed by atoms with E-state index in [0.29, 0.717) is 18.7 Å². The molecular formula is C19H21N3O2. The molecule has 124 valence electrons. The van der Waals surface area contributed by atoms with Gasteiger partial charge in [-0.25, -0.2) is 4.98 Å². The molecule has 0 atom stereocenters. The maximum atomic E-state index is 12.7. The molecule has 1 amide bonds. The zero-order valence-corrected chi connectivity index (χ0v) is 14.2. The Morgan fingerprint density at radius 1 is 1.29 bits per heavy atom. The quantitative estimate of drug-likeness (QED) is 0.785. The summed E-state index contributed by atoms with van der Waals surface area (Å²) in [5, 5.41) is 2.98. The van der Waals surface area contributed by atoms with Crippen LogP contribution in [0.2, 0.25) is 0 Å². The molecule has 0 aliphatic carbocycles. The van der Waals surface area contributed by atoms with Gasteiger partial charge in [0.2, 0.25) is 0 Å². The van der Waals surface area contributed by atoms with E-state index in [1.54, 1.807) is 7.11 Å². The van der Waals surface area contributed by atoms with E-state index in [1.807, 2.05) is 60.8 Å². The number of carbonyl (C=O) groups excluding carboxylic acids is 1. The molecule has 0 aliphatic rings. The van der Waals surface area contributed by atoms with E-state index in [2.05, 4.69) is 10.3 Å². The fourth-order valence-electron chi connectivity index (χ4n) is 2.79. The smallest absolute Gasteiger partial charge is 0.270 e. The van der Waals surface area contributed by atoms with Crippen LogP contribution in [0.1, 0.15) is 34.2 Å². The Balaban J connectivity index is 1.88. The number of hydrogen-bond acceptors (Lipinski definition) is 3. The van der Waals surface area contributed by atoms with E-state index in [1.165, 1.54) is 0 Å². The Morgan fingerprint density at radius 2 is 2.08 bits per heavy atom. The van der Waals surface area contributed by atoms with Crippen LogP contribution in [0.3, 0.4) is 0 Å². The summed E-state index contributed by atoms with van der Waals surface area (Å²) in [4.78, 5) is 17.3. The van der Waals surface area contributed by atoms with Crippen molar-refractivity contribution in [2.45, 2.75) is 26.8 Å². The van der Waals surface area contributed by atoms with Gasteiger partial charge >= 0.3 is 0 Å². The molecule has 3 rings (SSSR count). The summed E-state index contributed by atoms with van der Waals surface area (Å²) in [6, 6.07) is 11.6. The zero-order chi connectivity index (χ0) is 17.1. The Morgan fingerprint density at radius 3 is 2.83 bits per heavy atom. The first-order valence-electron chi connectivity index (χ1n) is 8.01. The van der Waals surface area contributed by atoms with E-state index in [-0.39, 0.29) is 5.91 Å². The standard InChI is InChI=1S/C19H21N3O2/c1-4-15-18(22-10-9-13(2)11-17(22)21-15)19(23)20-12-14-7-5-6-8-16(14)24-3/h5-11H,4,12H2,1-3H3,(H,20,23). The normalized spacial score (nSPS) is 10.8. The van der Waals surface area contributed by atoms with Crippen molar-refractivity contribution in [1.29, 1.82) is 0 Å². The van der Waals surface area contributed by atoms with Crippen LogP contribution in [-0.4, -0.2) is 22.4 Å². The third-order valence-corrected chi connectivity index (χ3v) is 4.04. The molecule has 5 nitrogen and oxygen atoms in total. The number of pyridine rings is 1.